The maximum atomic E-state index is 12.5. The van der Waals surface area contributed by atoms with Crippen molar-refractivity contribution in [2.45, 2.75) is 37.6 Å². The Morgan fingerprint density at radius 3 is 2.83 bits per heavy atom. The quantitative estimate of drug-likeness (QED) is 0.836. The maximum Gasteiger partial charge on any atom is 0.327 e. The summed E-state index contributed by atoms with van der Waals surface area (Å²) in [4.78, 5) is 25.3. The Morgan fingerprint density at radius 2 is 2.28 bits per heavy atom. The molecule has 2 fully saturated rings. The molecule has 0 radical (unpaired) electrons. The van der Waals surface area contributed by atoms with E-state index in [4.69, 9.17) is 4.74 Å². The molecule has 3 unspecified atom stereocenters. The number of thioether (sulfide) groups is 1. The summed E-state index contributed by atoms with van der Waals surface area (Å²) in [5.74, 6) is -0.608. The molecular weight excluding hydrogens is 254 g/mol. The first-order valence-corrected chi connectivity index (χ1v) is 7.44. The van der Waals surface area contributed by atoms with Gasteiger partial charge in [0, 0.05) is 12.4 Å². The number of carbonyl (C=O) groups excluding carboxylic acids is 1. The summed E-state index contributed by atoms with van der Waals surface area (Å²) < 4.78 is 5.33. The first kappa shape index (κ1) is 13.7. The van der Waals surface area contributed by atoms with E-state index < -0.39 is 12.0 Å². The Hall–Kier alpha value is -0.750. The lowest BCUT2D eigenvalue weighted by Crippen LogP contribution is -2.49. The van der Waals surface area contributed by atoms with Crippen molar-refractivity contribution >= 4 is 23.6 Å². The van der Waals surface area contributed by atoms with Crippen molar-refractivity contribution in [3.8, 4) is 0 Å². The van der Waals surface area contributed by atoms with Crippen LogP contribution < -0.4 is 0 Å². The Bertz CT molecular complexity index is 330. The molecule has 102 valence electrons. The van der Waals surface area contributed by atoms with Crippen LogP contribution >= 0.6 is 11.8 Å². The third-order valence-corrected chi connectivity index (χ3v) is 4.94. The van der Waals surface area contributed by atoms with E-state index in [2.05, 4.69) is 0 Å². The van der Waals surface area contributed by atoms with Crippen LogP contribution in [-0.2, 0) is 14.3 Å². The normalized spacial score (nSPS) is 32.5. The minimum Gasteiger partial charge on any atom is -0.480 e. The number of nitrogens with zero attached hydrogens (tertiary/aromatic N) is 1. The first-order valence-electron chi connectivity index (χ1n) is 6.39. The molecule has 18 heavy (non-hydrogen) atoms. The highest BCUT2D eigenvalue weighted by Crippen LogP contribution is 2.33. The fourth-order valence-corrected chi connectivity index (χ4v) is 3.86. The molecule has 1 N–H and O–H groups in total. The number of hydrogen-bond donors (Lipinski definition) is 1. The van der Waals surface area contributed by atoms with E-state index >= 15 is 0 Å². The van der Waals surface area contributed by atoms with Crippen molar-refractivity contribution in [1.82, 2.24) is 4.90 Å². The van der Waals surface area contributed by atoms with Gasteiger partial charge in [0.1, 0.15) is 6.04 Å². The summed E-state index contributed by atoms with van der Waals surface area (Å²) >= 11 is 1.56. The van der Waals surface area contributed by atoms with Gasteiger partial charge in [-0.3, -0.25) is 4.79 Å². The molecule has 6 heteroatoms. The Labute approximate surface area is 111 Å². The van der Waals surface area contributed by atoms with Gasteiger partial charge in [0.05, 0.1) is 17.9 Å². The molecule has 0 aromatic heterocycles. The number of rotatable bonds is 3. The fourth-order valence-electron chi connectivity index (χ4n) is 2.51. The lowest BCUT2D eigenvalue weighted by molar-refractivity contribution is -0.153. The summed E-state index contributed by atoms with van der Waals surface area (Å²) in [6, 6.07) is -0.672. The van der Waals surface area contributed by atoms with E-state index in [9.17, 15) is 14.7 Å². The molecular formula is C12H19NO4S. The molecule has 2 saturated heterocycles. The van der Waals surface area contributed by atoms with Crippen LogP contribution in [0.3, 0.4) is 0 Å². The van der Waals surface area contributed by atoms with Crippen LogP contribution in [0, 0.1) is 5.92 Å². The van der Waals surface area contributed by atoms with E-state index in [0.717, 1.165) is 19.3 Å². The molecule has 1 amide bonds. The largest absolute Gasteiger partial charge is 0.480 e. The average Bonchev–Trinajstić information content (AvgIpc) is 2.82. The zero-order chi connectivity index (χ0) is 13.1. The molecule has 5 nitrogen and oxygen atoms in total. The summed E-state index contributed by atoms with van der Waals surface area (Å²) in [6.45, 7) is 3.13. The number of ether oxygens (including phenoxy) is 1. The van der Waals surface area contributed by atoms with Crippen LogP contribution in [0.5, 0.6) is 0 Å². The van der Waals surface area contributed by atoms with Crippen LogP contribution in [0.1, 0.15) is 26.2 Å². The van der Waals surface area contributed by atoms with E-state index in [0.29, 0.717) is 19.0 Å². The Balaban J connectivity index is 2.10. The fraction of sp³-hybridized carbons (Fsp3) is 0.833. The van der Waals surface area contributed by atoms with Crippen molar-refractivity contribution in [2.75, 3.05) is 19.0 Å². The highest BCUT2D eigenvalue weighted by atomic mass is 32.2. The lowest BCUT2D eigenvalue weighted by Gasteiger charge is -2.32. The predicted molar refractivity (Wildman–Crippen MR) is 68.3 cm³/mol. The molecule has 2 aliphatic rings. The van der Waals surface area contributed by atoms with Crippen LogP contribution in [0.4, 0.5) is 0 Å². The number of carbonyl (C=O) groups is 2. The van der Waals surface area contributed by atoms with Crippen molar-refractivity contribution in [2.24, 2.45) is 5.92 Å². The molecule has 0 aromatic rings. The van der Waals surface area contributed by atoms with E-state index in [1.807, 2.05) is 6.92 Å². The SMILES string of the molecule is CCC1SCC(C(=O)O)N1C(=O)C1CCCOC1. The summed E-state index contributed by atoms with van der Waals surface area (Å²) in [5.41, 5.74) is 0. The van der Waals surface area contributed by atoms with Gasteiger partial charge < -0.3 is 14.7 Å². The molecule has 0 spiro atoms. The molecule has 0 aromatic carbocycles. The van der Waals surface area contributed by atoms with Crippen LogP contribution in [0.2, 0.25) is 0 Å². The lowest BCUT2D eigenvalue weighted by atomic mass is 9.99. The summed E-state index contributed by atoms with van der Waals surface area (Å²) in [5, 5.41) is 9.21. The molecule has 2 aliphatic heterocycles. The predicted octanol–water partition coefficient (Wildman–Crippen LogP) is 1.18. The van der Waals surface area contributed by atoms with Gasteiger partial charge in [-0.15, -0.1) is 11.8 Å². The van der Waals surface area contributed by atoms with Crippen molar-refractivity contribution in [3.05, 3.63) is 0 Å². The smallest absolute Gasteiger partial charge is 0.327 e. The second-order valence-corrected chi connectivity index (χ2v) is 5.92. The second-order valence-electron chi connectivity index (χ2n) is 4.71. The Morgan fingerprint density at radius 1 is 1.50 bits per heavy atom. The Kier molecular flexibility index (Phi) is 4.50. The second kappa shape index (κ2) is 5.93. The summed E-state index contributed by atoms with van der Waals surface area (Å²) in [7, 11) is 0. The molecule has 2 rings (SSSR count). The maximum absolute atomic E-state index is 12.5. The molecule has 3 atom stereocenters. The van der Waals surface area contributed by atoms with Gasteiger partial charge in [-0.1, -0.05) is 6.92 Å². The molecule has 0 aliphatic carbocycles. The standard InChI is InChI=1S/C12H19NO4S/c1-2-10-13(9(7-18-10)12(15)16)11(14)8-4-3-5-17-6-8/h8-10H,2-7H2,1H3,(H,15,16). The highest BCUT2D eigenvalue weighted by molar-refractivity contribution is 8.00. The molecule has 2 heterocycles. The summed E-state index contributed by atoms with van der Waals surface area (Å²) in [6.07, 6.45) is 2.47. The van der Waals surface area contributed by atoms with Crippen molar-refractivity contribution < 1.29 is 19.4 Å². The zero-order valence-corrected chi connectivity index (χ0v) is 11.3. The number of carboxylic acid groups (broad SMARTS) is 1. The molecule has 0 bridgehead atoms. The number of hydrogen-bond acceptors (Lipinski definition) is 4. The van der Waals surface area contributed by atoms with Gasteiger partial charge in [0.2, 0.25) is 5.91 Å². The van der Waals surface area contributed by atoms with E-state index in [1.54, 1.807) is 16.7 Å². The number of carboxylic acids is 1. The van der Waals surface area contributed by atoms with Gasteiger partial charge in [-0.05, 0) is 19.3 Å². The average molecular weight is 273 g/mol. The third-order valence-electron chi connectivity index (χ3n) is 3.49. The van der Waals surface area contributed by atoms with Crippen LogP contribution in [0.15, 0.2) is 0 Å². The van der Waals surface area contributed by atoms with Crippen LogP contribution in [-0.4, -0.2) is 52.3 Å². The minimum absolute atomic E-state index is 0.000488. The van der Waals surface area contributed by atoms with Crippen LogP contribution in [0.25, 0.3) is 0 Å². The van der Waals surface area contributed by atoms with Gasteiger partial charge >= 0.3 is 5.97 Å². The minimum atomic E-state index is -0.900. The van der Waals surface area contributed by atoms with Gasteiger partial charge in [0.25, 0.3) is 0 Å². The van der Waals surface area contributed by atoms with Gasteiger partial charge in [0.15, 0.2) is 0 Å². The third kappa shape index (κ3) is 2.64. The van der Waals surface area contributed by atoms with E-state index in [1.165, 1.54) is 0 Å². The van der Waals surface area contributed by atoms with Gasteiger partial charge in [-0.2, -0.15) is 0 Å². The topological polar surface area (TPSA) is 66.8 Å². The van der Waals surface area contributed by atoms with E-state index in [-0.39, 0.29) is 17.2 Å². The first-order chi connectivity index (χ1) is 8.65. The van der Waals surface area contributed by atoms with Crippen molar-refractivity contribution in [3.63, 3.8) is 0 Å². The van der Waals surface area contributed by atoms with Gasteiger partial charge in [-0.25, -0.2) is 4.79 Å². The molecule has 0 saturated carbocycles. The highest BCUT2D eigenvalue weighted by Gasteiger charge is 2.43. The number of aliphatic carboxylic acids is 1. The zero-order valence-electron chi connectivity index (χ0n) is 10.5. The number of amides is 1. The monoisotopic (exact) mass is 273 g/mol. The van der Waals surface area contributed by atoms with Crippen molar-refractivity contribution in [1.29, 1.82) is 0 Å².